The molecule has 21 heavy (non-hydrogen) atoms. The van der Waals surface area contributed by atoms with Crippen LogP contribution in [0.15, 0.2) is 60.7 Å². The fourth-order valence-electron chi connectivity index (χ4n) is 2.86. The van der Waals surface area contributed by atoms with Gasteiger partial charge in [-0.05, 0) is 42.0 Å². The van der Waals surface area contributed by atoms with E-state index in [0.29, 0.717) is 0 Å². The van der Waals surface area contributed by atoms with Crippen molar-refractivity contribution in [2.75, 3.05) is 0 Å². The van der Waals surface area contributed by atoms with Crippen molar-refractivity contribution in [2.24, 2.45) is 0 Å². The normalized spacial score (nSPS) is 17.4. The Morgan fingerprint density at radius 1 is 1.05 bits per heavy atom. The Morgan fingerprint density at radius 2 is 1.81 bits per heavy atom. The summed E-state index contributed by atoms with van der Waals surface area (Å²) in [6, 6.07) is 18.4. The van der Waals surface area contributed by atoms with Crippen molar-refractivity contribution in [3.8, 4) is 0 Å². The minimum absolute atomic E-state index is 0.0273. The Bertz CT molecular complexity index is 646. The number of fused-ring (bicyclic) bond motifs is 1. The number of hydrogen-bond donors (Lipinski definition) is 1. The number of nitrogens with one attached hydrogen (secondary N) is 1. The van der Waals surface area contributed by atoms with Gasteiger partial charge >= 0.3 is 0 Å². The van der Waals surface area contributed by atoms with Gasteiger partial charge in [0.05, 0.1) is 6.04 Å². The largest absolute Gasteiger partial charge is 0.346 e. The van der Waals surface area contributed by atoms with E-state index in [4.69, 9.17) is 0 Å². The van der Waals surface area contributed by atoms with Crippen molar-refractivity contribution in [1.29, 1.82) is 0 Å². The van der Waals surface area contributed by atoms with Gasteiger partial charge in [-0.15, -0.1) is 0 Å². The van der Waals surface area contributed by atoms with Gasteiger partial charge in [0.2, 0.25) is 5.91 Å². The predicted molar refractivity (Wildman–Crippen MR) is 85.7 cm³/mol. The Balaban J connectivity index is 1.67. The van der Waals surface area contributed by atoms with Crippen LogP contribution in [0, 0.1) is 0 Å². The molecule has 2 aromatic rings. The number of rotatable bonds is 3. The van der Waals surface area contributed by atoms with Crippen LogP contribution in [-0.4, -0.2) is 5.91 Å². The number of amides is 1. The molecule has 0 saturated heterocycles. The maximum absolute atomic E-state index is 12.1. The van der Waals surface area contributed by atoms with Gasteiger partial charge in [0.15, 0.2) is 0 Å². The predicted octanol–water partition coefficient (Wildman–Crippen LogP) is 3.89. The van der Waals surface area contributed by atoms with Crippen LogP contribution in [0.2, 0.25) is 0 Å². The molecule has 1 aliphatic rings. The molecule has 0 radical (unpaired) electrons. The number of hydrogen-bond acceptors (Lipinski definition) is 1. The zero-order valence-corrected chi connectivity index (χ0v) is 12.0. The van der Waals surface area contributed by atoms with Gasteiger partial charge in [0.1, 0.15) is 0 Å². The summed E-state index contributed by atoms with van der Waals surface area (Å²) < 4.78 is 0. The lowest BCUT2D eigenvalue weighted by Crippen LogP contribution is -2.29. The topological polar surface area (TPSA) is 29.1 Å². The van der Waals surface area contributed by atoms with Crippen LogP contribution in [0.3, 0.4) is 0 Å². The lowest BCUT2D eigenvalue weighted by Gasteiger charge is -2.25. The Kier molecular flexibility index (Phi) is 4.15. The van der Waals surface area contributed by atoms with E-state index in [2.05, 4.69) is 23.5 Å². The van der Waals surface area contributed by atoms with Gasteiger partial charge in [-0.25, -0.2) is 0 Å². The maximum atomic E-state index is 12.1. The van der Waals surface area contributed by atoms with Crippen LogP contribution in [0.5, 0.6) is 0 Å². The van der Waals surface area contributed by atoms with Crippen molar-refractivity contribution in [3.63, 3.8) is 0 Å². The lowest BCUT2D eigenvalue weighted by molar-refractivity contribution is -0.117. The summed E-state index contributed by atoms with van der Waals surface area (Å²) in [4.78, 5) is 12.1. The highest BCUT2D eigenvalue weighted by Crippen LogP contribution is 2.29. The average Bonchev–Trinajstić information content (AvgIpc) is 2.54. The maximum Gasteiger partial charge on any atom is 0.244 e. The molecule has 0 saturated carbocycles. The first-order chi connectivity index (χ1) is 10.3. The minimum Gasteiger partial charge on any atom is -0.346 e. The summed E-state index contributed by atoms with van der Waals surface area (Å²) in [7, 11) is 0. The molecule has 2 nitrogen and oxygen atoms in total. The number of aryl methyl sites for hydroxylation is 1. The summed E-state index contributed by atoms with van der Waals surface area (Å²) in [5.41, 5.74) is 3.67. The molecule has 0 bridgehead atoms. The highest BCUT2D eigenvalue weighted by atomic mass is 16.1. The standard InChI is InChI=1S/C19H19NO/c21-19(14-13-15-7-2-1-3-8-15)20-18-12-6-10-16-9-4-5-11-17(16)18/h1-5,7-9,11,13-14,18H,6,10,12H2,(H,20,21)/b14-13+/t18-/m0/s1. The van der Waals surface area contributed by atoms with Gasteiger partial charge in [0, 0.05) is 6.08 Å². The first-order valence-electron chi connectivity index (χ1n) is 7.44. The third-order valence-electron chi connectivity index (χ3n) is 3.91. The molecule has 0 fully saturated rings. The van der Waals surface area contributed by atoms with E-state index < -0.39 is 0 Å². The second-order valence-corrected chi connectivity index (χ2v) is 5.40. The summed E-state index contributed by atoms with van der Waals surface area (Å²) >= 11 is 0. The molecule has 2 aromatic carbocycles. The molecule has 0 spiro atoms. The molecule has 1 atom stereocenters. The van der Waals surface area contributed by atoms with E-state index in [-0.39, 0.29) is 11.9 Å². The fourth-order valence-corrected chi connectivity index (χ4v) is 2.86. The Labute approximate surface area is 125 Å². The van der Waals surface area contributed by atoms with Crippen LogP contribution in [0.25, 0.3) is 6.08 Å². The summed E-state index contributed by atoms with van der Waals surface area (Å²) in [6.07, 6.45) is 6.73. The molecule has 1 aliphatic carbocycles. The molecule has 0 heterocycles. The van der Waals surface area contributed by atoms with Gasteiger partial charge in [-0.1, -0.05) is 54.6 Å². The lowest BCUT2D eigenvalue weighted by atomic mass is 9.88. The smallest absolute Gasteiger partial charge is 0.244 e. The molecular weight excluding hydrogens is 258 g/mol. The van der Waals surface area contributed by atoms with Gasteiger partial charge < -0.3 is 5.32 Å². The van der Waals surface area contributed by atoms with Gasteiger partial charge in [-0.2, -0.15) is 0 Å². The van der Waals surface area contributed by atoms with Crippen molar-refractivity contribution < 1.29 is 4.79 Å². The van der Waals surface area contributed by atoms with Gasteiger partial charge in [-0.3, -0.25) is 4.79 Å². The van der Waals surface area contributed by atoms with E-state index in [1.54, 1.807) is 6.08 Å². The zero-order valence-electron chi connectivity index (χ0n) is 12.0. The highest BCUT2D eigenvalue weighted by Gasteiger charge is 2.20. The van der Waals surface area contributed by atoms with Crippen molar-refractivity contribution in [3.05, 3.63) is 77.4 Å². The van der Waals surface area contributed by atoms with E-state index in [0.717, 1.165) is 24.8 Å². The minimum atomic E-state index is -0.0273. The molecule has 2 heteroatoms. The van der Waals surface area contributed by atoms with Crippen LogP contribution in [0.1, 0.15) is 35.6 Å². The van der Waals surface area contributed by atoms with E-state index in [1.165, 1.54) is 11.1 Å². The Hall–Kier alpha value is -2.35. The molecule has 1 amide bonds. The van der Waals surface area contributed by atoms with Crippen LogP contribution < -0.4 is 5.32 Å². The molecular formula is C19H19NO. The zero-order chi connectivity index (χ0) is 14.5. The molecule has 0 aromatic heterocycles. The quantitative estimate of drug-likeness (QED) is 0.847. The SMILES string of the molecule is O=C(/C=C/c1ccccc1)N[C@H]1CCCc2ccccc21. The van der Waals surface area contributed by atoms with Crippen molar-refractivity contribution >= 4 is 12.0 Å². The summed E-state index contributed by atoms with van der Waals surface area (Å²) in [6.45, 7) is 0. The van der Waals surface area contributed by atoms with E-state index in [9.17, 15) is 4.79 Å². The van der Waals surface area contributed by atoms with Crippen molar-refractivity contribution in [2.45, 2.75) is 25.3 Å². The fraction of sp³-hybridized carbons (Fsp3) is 0.211. The molecule has 3 rings (SSSR count). The van der Waals surface area contributed by atoms with Crippen LogP contribution in [-0.2, 0) is 11.2 Å². The number of carbonyl (C=O) groups is 1. The third-order valence-corrected chi connectivity index (χ3v) is 3.91. The summed E-state index contributed by atoms with van der Waals surface area (Å²) in [5, 5.41) is 3.12. The van der Waals surface area contributed by atoms with Crippen molar-refractivity contribution in [1.82, 2.24) is 5.32 Å². The van der Waals surface area contributed by atoms with E-state index >= 15 is 0 Å². The second kappa shape index (κ2) is 6.40. The third kappa shape index (κ3) is 3.40. The highest BCUT2D eigenvalue weighted by molar-refractivity contribution is 5.92. The average molecular weight is 277 g/mol. The van der Waals surface area contributed by atoms with Gasteiger partial charge in [0.25, 0.3) is 0 Å². The monoisotopic (exact) mass is 277 g/mol. The molecule has 0 unspecified atom stereocenters. The van der Waals surface area contributed by atoms with E-state index in [1.807, 2.05) is 42.5 Å². The van der Waals surface area contributed by atoms with Crippen LogP contribution in [0.4, 0.5) is 0 Å². The van der Waals surface area contributed by atoms with Crippen LogP contribution >= 0.6 is 0 Å². The first kappa shape index (κ1) is 13.6. The number of benzene rings is 2. The molecule has 1 N–H and O–H groups in total. The summed E-state index contributed by atoms with van der Waals surface area (Å²) in [5.74, 6) is -0.0273. The molecule has 0 aliphatic heterocycles. The number of carbonyl (C=O) groups excluding carboxylic acids is 1. The first-order valence-corrected chi connectivity index (χ1v) is 7.44. The Morgan fingerprint density at radius 3 is 2.67 bits per heavy atom. The second-order valence-electron chi connectivity index (χ2n) is 5.40. The molecule has 106 valence electrons.